The number of hydrogen-bond donors (Lipinski definition) is 1. The van der Waals surface area contributed by atoms with Crippen LogP contribution in [0.4, 0.5) is 0 Å². The Morgan fingerprint density at radius 3 is 2.89 bits per heavy atom. The number of imidazole rings is 1. The first-order valence-corrected chi connectivity index (χ1v) is 7.34. The lowest BCUT2D eigenvalue weighted by atomic mass is 9.73. The van der Waals surface area contributed by atoms with Gasteiger partial charge in [0.25, 0.3) is 0 Å². The van der Waals surface area contributed by atoms with Crippen molar-refractivity contribution in [3.63, 3.8) is 0 Å². The minimum atomic E-state index is 0.0843. The standard InChI is InChI=1S/C15H26N2O/c1-4-5-8-12-11-17(14(18)16-12)13-9-6-7-10-15(13,2)3/h11,13H,4-10H2,1-3H3,(H,16,18). The zero-order valence-corrected chi connectivity index (χ0v) is 12.0. The number of nitrogens with zero attached hydrogens (tertiary/aromatic N) is 1. The molecule has 2 rings (SSSR count). The number of hydrogen-bond acceptors (Lipinski definition) is 1. The van der Waals surface area contributed by atoms with E-state index >= 15 is 0 Å². The van der Waals surface area contributed by atoms with Crippen LogP contribution in [0.1, 0.15) is 71.0 Å². The van der Waals surface area contributed by atoms with Gasteiger partial charge in [0.05, 0.1) is 0 Å². The Hall–Kier alpha value is -0.990. The molecule has 1 atom stereocenters. The predicted molar refractivity (Wildman–Crippen MR) is 75.0 cm³/mol. The van der Waals surface area contributed by atoms with Gasteiger partial charge in [-0.05, 0) is 31.1 Å². The number of aromatic amines is 1. The highest BCUT2D eigenvalue weighted by Gasteiger charge is 2.34. The molecular weight excluding hydrogens is 224 g/mol. The molecule has 1 N–H and O–H groups in total. The van der Waals surface area contributed by atoms with E-state index in [1.165, 1.54) is 25.7 Å². The van der Waals surface area contributed by atoms with Crippen molar-refractivity contribution in [1.82, 2.24) is 9.55 Å². The highest BCUT2D eigenvalue weighted by molar-refractivity contribution is 5.01. The van der Waals surface area contributed by atoms with Gasteiger partial charge in [0.1, 0.15) is 0 Å². The molecule has 0 aromatic carbocycles. The van der Waals surface area contributed by atoms with Gasteiger partial charge in [0.15, 0.2) is 0 Å². The van der Waals surface area contributed by atoms with Crippen LogP contribution in [0.2, 0.25) is 0 Å². The van der Waals surface area contributed by atoms with Crippen LogP contribution < -0.4 is 5.69 Å². The predicted octanol–water partition coefficient (Wildman–Crippen LogP) is 3.66. The molecule has 1 aliphatic carbocycles. The van der Waals surface area contributed by atoms with E-state index in [0.717, 1.165) is 25.0 Å². The fourth-order valence-electron chi connectivity index (χ4n) is 3.18. The van der Waals surface area contributed by atoms with E-state index in [1.54, 1.807) is 0 Å². The number of unbranched alkanes of at least 4 members (excludes halogenated alkanes) is 1. The lowest BCUT2D eigenvalue weighted by Crippen LogP contribution is -2.35. The normalized spacial score (nSPS) is 23.2. The van der Waals surface area contributed by atoms with E-state index in [1.807, 2.05) is 4.57 Å². The van der Waals surface area contributed by atoms with Crippen molar-refractivity contribution in [2.24, 2.45) is 5.41 Å². The summed E-state index contributed by atoms with van der Waals surface area (Å²) in [4.78, 5) is 15.1. The van der Waals surface area contributed by atoms with Gasteiger partial charge in [0, 0.05) is 17.9 Å². The van der Waals surface area contributed by atoms with Gasteiger partial charge in [-0.15, -0.1) is 0 Å². The number of aromatic nitrogens is 2. The first-order chi connectivity index (χ1) is 8.54. The molecule has 3 heteroatoms. The van der Waals surface area contributed by atoms with Crippen LogP contribution in [0.3, 0.4) is 0 Å². The molecule has 1 aliphatic rings. The second-order valence-electron chi connectivity index (χ2n) is 6.35. The molecule has 3 nitrogen and oxygen atoms in total. The molecule has 1 heterocycles. The molecule has 1 aromatic rings. The second-order valence-corrected chi connectivity index (χ2v) is 6.35. The highest BCUT2D eigenvalue weighted by atomic mass is 16.1. The van der Waals surface area contributed by atoms with E-state index in [9.17, 15) is 4.79 Å². The monoisotopic (exact) mass is 250 g/mol. The Bertz CT molecular complexity index is 442. The Morgan fingerprint density at radius 2 is 2.22 bits per heavy atom. The fourth-order valence-corrected chi connectivity index (χ4v) is 3.18. The molecule has 102 valence electrons. The molecule has 1 aromatic heterocycles. The van der Waals surface area contributed by atoms with Gasteiger partial charge in [-0.25, -0.2) is 4.79 Å². The average molecular weight is 250 g/mol. The molecule has 0 bridgehead atoms. The van der Waals surface area contributed by atoms with Crippen molar-refractivity contribution in [1.29, 1.82) is 0 Å². The van der Waals surface area contributed by atoms with E-state index < -0.39 is 0 Å². The van der Waals surface area contributed by atoms with Gasteiger partial charge in [-0.2, -0.15) is 0 Å². The molecule has 0 aliphatic heterocycles. The number of nitrogens with one attached hydrogen (secondary N) is 1. The first kappa shape index (κ1) is 13.4. The minimum absolute atomic E-state index is 0.0843. The van der Waals surface area contributed by atoms with E-state index in [4.69, 9.17) is 0 Å². The first-order valence-electron chi connectivity index (χ1n) is 7.34. The third-order valence-electron chi connectivity index (χ3n) is 4.38. The van der Waals surface area contributed by atoms with Crippen molar-refractivity contribution in [2.75, 3.05) is 0 Å². The lowest BCUT2D eigenvalue weighted by Gasteiger charge is -2.38. The highest BCUT2D eigenvalue weighted by Crippen LogP contribution is 2.43. The smallest absolute Gasteiger partial charge is 0.310 e. The average Bonchev–Trinajstić information content (AvgIpc) is 2.67. The van der Waals surface area contributed by atoms with Gasteiger partial charge in [0.2, 0.25) is 0 Å². The summed E-state index contributed by atoms with van der Waals surface area (Å²) < 4.78 is 1.96. The summed E-state index contributed by atoms with van der Waals surface area (Å²) in [5, 5.41) is 0. The van der Waals surface area contributed by atoms with Crippen molar-refractivity contribution in [3.05, 3.63) is 22.4 Å². The summed E-state index contributed by atoms with van der Waals surface area (Å²) in [6, 6.07) is 0.366. The SMILES string of the molecule is CCCCc1cn(C2CCCCC2(C)C)c(=O)[nH]1. The zero-order valence-electron chi connectivity index (χ0n) is 12.0. The van der Waals surface area contributed by atoms with Crippen molar-refractivity contribution < 1.29 is 0 Å². The molecule has 0 saturated heterocycles. The molecule has 0 spiro atoms. The molecule has 1 saturated carbocycles. The Morgan fingerprint density at radius 1 is 1.44 bits per heavy atom. The number of aryl methyl sites for hydroxylation is 1. The Balaban J connectivity index is 2.21. The van der Waals surface area contributed by atoms with Crippen LogP contribution in [0, 0.1) is 5.41 Å². The van der Waals surface area contributed by atoms with E-state index in [0.29, 0.717) is 6.04 Å². The summed E-state index contributed by atoms with van der Waals surface area (Å²) in [5.74, 6) is 0. The largest absolute Gasteiger partial charge is 0.325 e. The lowest BCUT2D eigenvalue weighted by molar-refractivity contribution is 0.141. The summed E-state index contributed by atoms with van der Waals surface area (Å²) in [5.41, 5.74) is 1.43. The topological polar surface area (TPSA) is 37.8 Å². The van der Waals surface area contributed by atoms with Crippen LogP contribution in [0.5, 0.6) is 0 Å². The minimum Gasteiger partial charge on any atom is -0.310 e. The fraction of sp³-hybridized carbons (Fsp3) is 0.800. The quantitative estimate of drug-likeness (QED) is 0.870. The van der Waals surface area contributed by atoms with Crippen LogP contribution in [-0.4, -0.2) is 9.55 Å². The van der Waals surface area contributed by atoms with Crippen LogP contribution in [0.25, 0.3) is 0 Å². The van der Waals surface area contributed by atoms with Crippen LogP contribution >= 0.6 is 0 Å². The Kier molecular flexibility index (Phi) is 3.98. The molecular formula is C15H26N2O. The van der Waals surface area contributed by atoms with E-state index in [2.05, 4.69) is 32.0 Å². The summed E-state index contributed by atoms with van der Waals surface area (Å²) >= 11 is 0. The van der Waals surface area contributed by atoms with E-state index in [-0.39, 0.29) is 11.1 Å². The number of rotatable bonds is 4. The molecule has 1 fully saturated rings. The number of H-pyrrole nitrogens is 1. The molecule has 0 amide bonds. The maximum Gasteiger partial charge on any atom is 0.325 e. The molecule has 1 unspecified atom stereocenters. The third kappa shape index (κ3) is 2.70. The third-order valence-corrected chi connectivity index (χ3v) is 4.38. The summed E-state index contributed by atoms with van der Waals surface area (Å²) in [6.07, 6.45) is 10.3. The second kappa shape index (κ2) is 5.33. The maximum atomic E-state index is 12.1. The molecule has 0 radical (unpaired) electrons. The van der Waals surface area contributed by atoms with Gasteiger partial charge < -0.3 is 4.98 Å². The van der Waals surface area contributed by atoms with Crippen LogP contribution in [-0.2, 0) is 6.42 Å². The van der Waals surface area contributed by atoms with Crippen molar-refractivity contribution >= 4 is 0 Å². The summed E-state index contributed by atoms with van der Waals surface area (Å²) in [6.45, 7) is 6.77. The van der Waals surface area contributed by atoms with Crippen molar-refractivity contribution in [3.8, 4) is 0 Å². The Labute approximate surface area is 110 Å². The van der Waals surface area contributed by atoms with Gasteiger partial charge in [-0.1, -0.05) is 40.0 Å². The maximum absolute atomic E-state index is 12.1. The molecule has 18 heavy (non-hydrogen) atoms. The van der Waals surface area contributed by atoms with Crippen molar-refractivity contribution in [2.45, 2.75) is 71.8 Å². The van der Waals surface area contributed by atoms with Gasteiger partial charge >= 0.3 is 5.69 Å². The zero-order chi connectivity index (χ0) is 13.2. The van der Waals surface area contributed by atoms with Crippen LogP contribution in [0.15, 0.2) is 11.0 Å². The van der Waals surface area contributed by atoms with Gasteiger partial charge in [-0.3, -0.25) is 4.57 Å². The summed E-state index contributed by atoms with van der Waals surface area (Å²) in [7, 11) is 0.